The molecule has 0 aliphatic heterocycles. The standard InChI is InChI=1S/C24H22N2O2/c1-28-23-14-8-6-12-19(23)24(27)26-15-20(17-9-3-2-4-10-17)21-16-25-22-13-7-5-11-18(21)22/h2-14,16,20,25H,15H2,1H3,(H,26,27)/t20-/m1/s1. The summed E-state index contributed by atoms with van der Waals surface area (Å²) in [6.07, 6.45) is 2.04. The Morgan fingerprint density at radius 2 is 1.68 bits per heavy atom. The first-order valence-corrected chi connectivity index (χ1v) is 9.30. The Hall–Kier alpha value is -3.53. The third-order valence-corrected chi connectivity index (χ3v) is 5.02. The lowest BCUT2D eigenvalue weighted by Gasteiger charge is -2.18. The molecule has 4 heteroatoms. The molecule has 1 heterocycles. The predicted molar refractivity (Wildman–Crippen MR) is 112 cm³/mol. The first-order chi connectivity index (χ1) is 13.8. The number of ether oxygens (including phenoxy) is 1. The van der Waals surface area contributed by atoms with Crippen molar-refractivity contribution >= 4 is 16.8 Å². The third-order valence-electron chi connectivity index (χ3n) is 5.02. The van der Waals surface area contributed by atoms with Crippen LogP contribution in [-0.2, 0) is 0 Å². The number of methoxy groups -OCH3 is 1. The van der Waals surface area contributed by atoms with E-state index in [0.717, 1.165) is 11.1 Å². The van der Waals surface area contributed by atoms with Crippen LogP contribution in [0.25, 0.3) is 10.9 Å². The van der Waals surface area contributed by atoms with Gasteiger partial charge in [0.1, 0.15) is 5.75 Å². The van der Waals surface area contributed by atoms with Crippen LogP contribution in [-0.4, -0.2) is 24.5 Å². The predicted octanol–water partition coefficient (Wildman–Crippen LogP) is 4.74. The molecule has 2 N–H and O–H groups in total. The van der Waals surface area contributed by atoms with Crippen LogP contribution in [0.4, 0.5) is 0 Å². The maximum atomic E-state index is 12.8. The second-order valence-corrected chi connectivity index (χ2v) is 6.66. The first-order valence-electron chi connectivity index (χ1n) is 9.30. The van der Waals surface area contributed by atoms with Crippen LogP contribution in [0.15, 0.2) is 85.1 Å². The Balaban J connectivity index is 1.65. The van der Waals surface area contributed by atoms with Crippen LogP contribution >= 0.6 is 0 Å². The number of aromatic amines is 1. The molecule has 4 aromatic rings. The molecule has 140 valence electrons. The molecule has 0 saturated carbocycles. The van der Waals surface area contributed by atoms with Gasteiger partial charge in [-0.3, -0.25) is 4.79 Å². The molecule has 0 unspecified atom stereocenters. The number of hydrogen-bond donors (Lipinski definition) is 2. The molecule has 4 rings (SSSR count). The Morgan fingerprint density at radius 3 is 2.50 bits per heavy atom. The smallest absolute Gasteiger partial charge is 0.255 e. The fourth-order valence-corrected chi connectivity index (χ4v) is 3.60. The molecule has 1 amide bonds. The molecule has 28 heavy (non-hydrogen) atoms. The van der Waals surface area contributed by atoms with Crippen LogP contribution < -0.4 is 10.1 Å². The first kappa shape index (κ1) is 17.9. The van der Waals surface area contributed by atoms with Gasteiger partial charge in [0, 0.05) is 29.6 Å². The molecular weight excluding hydrogens is 348 g/mol. The van der Waals surface area contributed by atoms with Gasteiger partial charge in [-0.25, -0.2) is 0 Å². The van der Waals surface area contributed by atoms with E-state index in [2.05, 4.69) is 34.6 Å². The Kier molecular flexibility index (Phi) is 5.11. The lowest BCUT2D eigenvalue weighted by atomic mass is 9.91. The Bertz CT molecular complexity index is 1090. The van der Waals surface area contributed by atoms with Crippen molar-refractivity contribution in [1.82, 2.24) is 10.3 Å². The summed E-state index contributed by atoms with van der Waals surface area (Å²) in [6.45, 7) is 0.489. The quantitative estimate of drug-likeness (QED) is 0.515. The minimum Gasteiger partial charge on any atom is -0.496 e. The highest BCUT2D eigenvalue weighted by Crippen LogP contribution is 2.30. The fourth-order valence-electron chi connectivity index (χ4n) is 3.60. The SMILES string of the molecule is COc1ccccc1C(=O)NC[C@H](c1ccccc1)c1c[nH]c2ccccc12. The Morgan fingerprint density at radius 1 is 0.964 bits per heavy atom. The average molecular weight is 370 g/mol. The summed E-state index contributed by atoms with van der Waals surface area (Å²) >= 11 is 0. The minimum atomic E-state index is -0.141. The number of H-pyrrole nitrogens is 1. The highest BCUT2D eigenvalue weighted by molar-refractivity contribution is 5.97. The van der Waals surface area contributed by atoms with Gasteiger partial charge in [0.15, 0.2) is 0 Å². The van der Waals surface area contributed by atoms with E-state index in [-0.39, 0.29) is 11.8 Å². The number of hydrogen-bond acceptors (Lipinski definition) is 2. The van der Waals surface area contributed by atoms with Crippen molar-refractivity contribution in [2.75, 3.05) is 13.7 Å². The number of aromatic nitrogens is 1. The molecule has 3 aromatic carbocycles. The number of rotatable bonds is 6. The van der Waals surface area contributed by atoms with Crippen molar-refractivity contribution in [3.8, 4) is 5.75 Å². The highest BCUT2D eigenvalue weighted by atomic mass is 16.5. The molecule has 0 fully saturated rings. The summed E-state index contributed by atoms with van der Waals surface area (Å²) in [5, 5.41) is 4.26. The highest BCUT2D eigenvalue weighted by Gasteiger charge is 2.20. The molecule has 0 bridgehead atoms. The van der Waals surface area contributed by atoms with E-state index < -0.39 is 0 Å². The maximum absolute atomic E-state index is 12.8. The summed E-state index contributed by atoms with van der Waals surface area (Å²) in [5.41, 5.74) is 3.96. The zero-order valence-electron chi connectivity index (χ0n) is 15.7. The summed E-state index contributed by atoms with van der Waals surface area (Å²) in [4.78, 5) is 16.1. The van der Waals surface area contributed by atoms with E-state index in [1.807, 2.05) is 48.7 Å². The number of para-hydroxylation sites is 2. The third kappa shape index (κ3) is 3.49. The van der Waals surface area contributed by atoms with Crippen LogP contribution in [0, 0.1) is 0 Å². The van der Waals surface area contributed by atoms with Gasteiger partial charge in [-0.05, 0) is 29.3 Å². The van der Waals surface area contributed by atoms with Crippen LogP contribution in [0.3, 0.4) is 0 Å². The van der Waals surface area contributed by atoms with Crippen molar-refractivity contribution in [3.05, 3.63) is 102 Å². The molecular formula is C24H22N2O2. The molecule has 4 nitrogen and oxygen atoms in total. The zero-order chi connectivity index (χ0) is 19.3. The molecule has 0 saturated heterocycles. The van der Waals surface area contributed by atoms with Gasteiger partial charge in [-0.15, -0.1) is 0 Å². The number of benzene rings is 3. The van der Waals surface area contributed by atoms with Gasteiger partial charge in [0.05, 0.1) is 12.7 Å². The fraction of sp³-hybridized carbons (Fsp3) is 0.125. The normalized spacial score (nSPS) is 11.9. The molecule has 0 aliphatic rings. The van der Waals surface area contributed by atoms with E-state index in [0.29, 0.717) is 17.9 Å². The minimum absolute atomic E-state index is 0.0380. The van der Waals surface area contributed by atoms with E-state index >= 15 is 0 Å². The molecule has 0 spiro atoms. The number of carbonyl (C=O) groups excluding carboxylic acids is 1. The molecule has 1 atom stereocenters. The zero-order valence-corrected chi connectivity index (χ0v) is 15.7. The topological polar surface area (TPSA) is 54.1 Å². The van der Waals surface area contributed by atoms with Crippen LogP contribution in [0.5, 0.6) is 5.75 Å². The molecule has 0 radical (unpaired) electrons. The van der Waals surface area contributed by atoms with Crippen molar-refractivity contribution in [1.29, 1.82) is 0 Å². The second-order valence-electron chi connectivity index (χ2n) is 6.66. The van der Waals surface area contributed by atoms with Crippen LogP contribution in [0.2, 0.25) is 0 Å². The van der Waals surface area contributed by atoms with Gasteiger partial charge in [0.25, 0.3) is 5.91 Å². The largest absolute Gasteiger partial charge is 0.496 e. The van der Waals surface area contributed by atoms with E-state index in [1.165, 1.54) is 10.9 Å². The summed E-state index contributed by atoms with van der Waals surface area (Å²) < 4.78 is 5.32. The Labute approximate surface area is 164 Å². The van der Waals surface area contributed by atoms with Gasteiger partial charge in [-0.2, -0.15) is 0 Å². The van der Waals surface area contributed by atoms with Crippen molar-refractivity contribution in [3.63, 3.8) is 0 Å². The van der Waals surface area contributed by atoms with Crippen molar-refractivity contribution in [2.24, 2.45) is 0 Å². The summed E-state index contributed by atoms with van der Waals surface area (Å²) in [6, 6.07) is 25.7. The van der Waals surface area contributed by atoms with E-state index in [9.17, 15) is 4.79 Å². The summed E-state index contributed by atoms with van der Waals surface area (Å²) in [7, 11) is 1.57. The lowest BCUT2D eigenvalue weighted by molar-refractivity contribution is 0.0949. The van der Waals surface area contributed by atoms with Crippen molar-refractivity contribution in [2.45, 2.75) is 5.92 Å². The number of nitrogens with one attached hydrogen (secondary N) is 2. The van der Waals surface area contributed by atoms with Gasteiger partial charge < -0.3 is 15.0 Å². The number of carbonyl (C=O) groups is 1. The van der Waals surface area contributed by atoms with Crippen LogP contribution in [0.1, 0.15) is 27.4 Å². The lowest BCUT2D eigenvalue weighted by Crippen LogP contribution is -2.29. The van der Waals surface area contributed by atoms with E-state index in [4.69, 9.17) is 4.74 Å². The maximum Gasteiger partial charge on any atom is 0.255 e. The van der Waals surface area contributed by atoms with E-state index in [1.54, 1.807) is 19.2 Å². The number of amides is 1. The number of fused-ring (bicyclic) bond motifs is 1. The molecule has 0 aliphatic carbocycles. The van der Waals surface area contributed by atoms with Gasteiger partial charge in [-0.1, -0.05) is 60.7 Å². The van der Waals surface area contributed by atoms with Gasteiger partial charge in [0.2, 0.25) is 0 Å². The molecule has 1 aromatic heterocycles. The monoisotopic (exact) mass is 370 g/mol. The average Bonchev–Trinajstić information content (AvgIpc) is 3.18. The van der Waals surface area contributed by atoms with Gasteiger partial charge >= 0.3 is 0 Å². The second kappa shape index (κ2) is 8.01. The van der Waals surface area contributed by atoms with Crippen molar-refractivity contribution < 1.29 is 9.53 Å². The summed E-state index contributed by atoms with van der Waals surface area (Å²) in [5.74, 6) is 0.470.